The highest BCUT2D eigenvalue weighted by atomic mass is 35.5. The minimum absolute atomic E-state index is 0.345. The zero-order chi connectivity index (χ0) is 12.1. The van der Waals surface area contributed by atoms with Gasteiger partial charge in [0.05, 0.1) is 6.20 Å². The lowest BCUT2D eigenvalue weighted by Gasteiger charge is -2.37. The molecule has 0 saturated carbocycles. The molecule has 5 heteroatoms. The Labute approximate surface area is 111 Å². The van der Waals surface area contributed by atoms with Crippen molar-refractivity contribution < 1.29 is 0 Å². The fourth-order valence-electron chi connectivity index (χ4n) is 3.43. The van der Waals surface area contributed by atoms with Gasteiger partial charge in [-0.15, -0.1) is 11.6 Å². The second kappa shape index (κ2) is 3.85. The zero-order valence-corrected chi connectivity index (χ0v) is 10.8. The smallest absolute Gasteiger partial charge is 0.157 e. The first-order valence-electron chi connectivity index (χ1n) is 6.54. The Hall–Kier alpha value is -1.29. The quantitative estimate of drug-likeness (QED) is 0.741. The van der Waals surface area contributed by atoms with Crippen molar-refractivity contribution in [3.8, 4) is 0 Å². The van der Waals surface area contributed by atoms with Crippen LogP contribution in [0.25, 0.3) is 5.65 Å². The van der Waals surface area contributed by atoms with Crippen LogP contribution in [0.2, 0.25) is 0 Å². The third kappa shape index (κ3) is 1.52. The molecule has 4 rings (SSSR count). The molecular weight excluding hydrogens is 248 g/mol. The second-order valence-electron chi connectivity index (χ2n) is 5.28. The van der Waals surface area contributed by atoms with Crippen LogP contribution in [-0.4, -0.2) is 32.1 Å². The van der Waals surface area contributed by atoms with Crippen molar-refractivity contribution in [2.75, 3.05) is 4.90 Å². The van der Waals surface area contributed by atoms with Gasteiger partial charge < -0.3 is 4.90 Å². The molecule has 2 aromatic rings. The maximum atomic E-state index is 6.32. The van der Waals surface area contributed by atoms with E-state index in [0.29, 0.717) is 17.5 Å². The van der Waals surface area contributed by atoms with Crippen molar-refractivity contribution in [3.05, 3.63) is 24.5 Å². The highest BCUT2D eigenvalue weighted by molar-refractivity contribution is 6.20. The van der Waals surface area contributed by atoms with E-state index in [1.807, 2.05) is 12.3 Å². The molecule has 2 fully saturated rings. The summed E-state index contributed by atoms with van der Waals surface area (Å²) in [4.78, 5) is 7.19. The van der Waals surface area contributed by atoms with Crippen molar-refractivity contribution >= 4 is 23.1 Å². The Bertz CT molecular complexity index is 567. The van der Waals surface area contributed by atoms with Crippen LogP contribution in [0.15, 0.2) is 24.5 Å². The van der Waals surface area contributed by atoms with Crippen molar-refractivity contribution in [2.45, 2.75) is 43.1 Å². The van der Waals surface area contributed by atoms with Crippen molar-refractivity contribution in [2.24, 2.45) is 0 Å². The number of fused-ring (bicyclic) bond motifs is 3. The zero-order valence-electron chi connectivity index (χ0n) is 10.0. The van der Waals surface area contributed by atoms with Gasteiger partial charge in [-0.2, -0.15) is 5.10 Å². The molecule has 2 aliphatic heterocycles. The molecule has 4 heterocycles. The Morgan fingerprint density at radius 1 is 1.17 bits per heavy atom. The molecule has 2 aliphatic rings. The molecule has 0 aliphatic carbocycles. The van der Waals surface area contributed by atoms with Crippen LogP contribution in [0.3, 0.4) is 0 Å². The molecule has 18 heavy (non-hydrogen) atoms. The van der Waals surface area contributed by atoms with E-state index in [9.17, 15) is 0 Å². The summed E-state index contributed by atoms with van der Waals surface area (Å²) in [6.07, 6.45) is 8.45. The minimum Gasteiger partial charge on any atom is -0.350 e. The van der Waals surface area contributed by atoms with Crippen LogP contribution in [0.5, 0.6) is 0 Å². The number of halogens is 1. The van der Waals surface area contributed by atoms with E-state index < -0.39 is 0 Å². The van der Waals surface area contributed by atoms with E-state index in [0.717, 1.165) is 24.3 Å². The highest BCUT2D eigenvalue weighted by Gasteiger charge is 2.40. The number of nitrogens with zero attached hydrogens (tertiary/aromatic N) is 4. The SMILES string of the molecule is ClC1CC2CCC(C1)N2c1ccn2nccc2n1. The first-order chi connectivity index (χ1) is 8.81. The van der Waals surface area contributed by atoms with Crippen molar-refractivity contribution in [3.63, 3.8) is 0 Å². The molecule has 0 N–H and O–H groups in total. The summed E-state index contributed by atoms with van der Waals surface area (Å²) in [5.41, 5.74) is 0.917. The number of piperidine rings is 1. The van der Waals surface area contributed by atoms with Gasteiger partial charge >= 0.3 is 0 Å². The fourth-order valence-corrected chi connectivity index (χ4v) is 3.84. The maximum Gasteiger partial charge on any atom is 0.157 e. The number of alkyl halides is 1. The van der Waals surface area contributed by atoms with E-state index in [1.54, 1.807) is 10.7 Å². The minimum atomic E-state index is 0.345. The second-order valence-corrected chi connectivity index (χ2v) is 5.90. The molecule has 0 aromatic carbocycles. The van der Waals surface area contributed by atoms with Gasteiger partial charge in [0.25, 0.3) is 0 Å². The molecule has 0 amide bonds. The van der Waals surface area contributed by atoms with Gasteiger partial charge in [0.15, 0.2) is 5.65 Å². The Morgan fingerprint density at radius 3 is 2.72 bits per heavy atom. The summed E-state index contributed by atoms with van der Waals surface area (Å²) in [7, 11) is 0. The van der Waals surface area contributed by atoms with E-state index in [2.05, 4.69) is 16.1 Å². The fraction of sp³-hybridized carbons (Fsp3) is 0.538. The Kier molecular flexibility index (Phi) is 2.27. The molecule has 0 radical (unpaired) electrons. The molecule has 2 bridgehead atoms. The first kappa shape index (κ1) is 10.6. The summed E-state index contributed by atoms with van der Waals surface area (Å²) in [5.74, 6) is 1.08. The number of anilines is 1. The average Bonchev–Trinajstić information content (AvgIpc) is 2.91. The average molecular weight is 263 g/mol. The molecule has 2 unspecified atom stereocenters. The number of rotatable bonds is 1. The maximum absolute atomic E-state index is 6.32. The summed E-state index contributed by atoms with van der Waals surface area (Å²) in [6, 6.07) is 5.16. The van der Waals surface area contributed by atoms with Gasteiger partial charge in [0.2, 0.25) is 0 Å². The van der Waals surface area contributed by atoms with Gasteiger partial charge in [-0.1, -0.05) is 0 Å². The molecule has 94 valence electrons. The molecule has 4 nitrogen and oxygen atoms in total. The summed E-state index contributed by atoms with van der Waals surface area (Å²) < 4.78 is 1.81. The molecule has 2 aromatic heterocycles. The molecule has 0 spiro atoms. The van der Waals surface area contributed by atoms with Crippen LogP contribution in [0, 0.1) is 0 Å². The summed E-state index contributed by atoms with van der Waals surface area (Å²) in [5, 5.41) is 4.53. The molecule has 2 saturated heterocycles. The van der Waals surface area contributed by atoms with Crippen LogP contribution in [-0.2, 0) is 0 Å². The highest BCUT2D eigenvalue weighted by Crippen LogP contribution is 2.40. The lowest BCUT2D eigenvalue weighted by molar-refractivity contribution is 0.470. The summed E-state index contributed by atoms with van der Waals surface area (Å²) >= 11 is 6.32. The van der Waals surface area contributed by atoms with Crippen LogP contribution >= 0.6 is 11.6 Å². The lowest BCUT2D eigenvalue weighted by atomic mass is 10.0. The lowest BCUT2D eigenvalue weighted by Crippen LogP contribution is -2.43. The van der Waals surface area contributed by atoms with Gasteiger partial charge in [-0.05, 0) is 31.7 Å². The first-order valence-corrected chi connectivity index (χ1v) is 6.98. The van der Waals surface area contributed by atoms with Gasteiger partial charge in [0, 0.05) is 29.7 Å². The van der Waals surface area contributed by atoms with E-state index >= 15 is 0 Å². The topological polar surface area (TPSA) is 33.4 Å². The third-order valence-electron chi connectivity index (χ3n) is 4.18. The van der Waals surface area contributed by atoms with Crippen molar-refractivity contribution in [1.29, 1.82) is 0 Å². The van der Waals surface area contributed by atoms with Crippen LogP contribution in [0.1, 0.15) is 25.7 Å². The predicted molar refractivity (Wildman–Crippen MR) is 71.2 cm³/mol. The van der Waals surface area contributed by atoms with Gasteiger partial charge in [-0.3, -0.25) is 0 Å². The van der Waals surface area contributed by atoms with Crippen LogP contribution in [0.4, 0.5) is 5.82 Å². The van der Waals surface area contributed by atoms with E-state index in [1.165, 1.54) is 12.8 Å². The Morgan fingerprint density at radius 2 is 1.94 bits per heavy atom. The Balaban J connectivity index is 1.74. The summed E-state index contributed by atoms with van der Waals surface area (Å²) in [6.45, 7) is 0. The third-order valence-corrected chi connectivity index (χ3v) is 4.54. The van der Waals surface area contributed by atoms with Gasteiger partial charge in [-0.25, -0.2) is 9.50 Å². The normalized spacial score (nSPS) is 31.2. The standard InChI is InChI=1S/C13H15ClN4/c14-9-7-10-1-2-11(8-9)18(10)13-4-6-17-12(16-13)3-5-15-17/h3-6,9-11H,1-2,7-8H2. The van der Waals surface area contributed by atoms with Crippen molar-refractivity contribution in [1.82, 2.24) is 14.6 Å². The van der Waals surface area contributed by atoms with Crippen LogP contribution < -0.4 is 4.90 Å². The number of hydrogen-bond acceptors (Lipinski definition) is 3. The predicted octanol–water partition coefficient (Wildman–Crippen LogP) is 2.47. The van der Waals surface area contributed by atoms with E-state index in [-0.39, 0.29) is 0 Å². The largest absolute Gasteiger partial charge is 0.350 e. The monoisotopic (exact) mass is 262 g/mol. The van der Waals surface area contributed by atoms with Gasteiger partial charge in [0.1, 0.15) is 5.82 Å². The van der Waals surface area contributed by atoms with E-state index in [4.69, 9.17) is 16.6 Å². The molecule has 2 atom stereocenters. The number of hydrogen-bond donors (Lipinski definition) is 0. The molecular formula is C13H15ClN4. The number of aromatic nitrogens is 3.